The Balaban J connectivity index is 0.00000529. The number of guanidine groups is 1. The molecule has 0 bridgehead atoms. The highest BCUT2D eigenvalue weighted by molar-refractivity contribution is 14.0. The molecule has 1 atom stereocenters. The minimum Gasteiger partial charge on any atom is -0.466 e. The van der Waals surface area contributed by atoms with Gasteiger partial charge in [-0.25, -0.2) is 0 Å². The zero-order valence-electron chi connectivity index (χ0n) is 15.0. The van der Waals surface area contributed by atoms with Crippen LogP contribution in [0.25, 0.3) is 0 Å². The second-order valence-corrected chi connectivity index (χ2v) is 6.26. The van der Waals surface area contributed by atoms with E-state index in [1.165, 1.54) is 6.26 Å². The Kier molecular flexibility index (Phi) is 9.34. The fourth-order valence-corrected chi connectivity index (χ4v) is 1.96. The van der Waals surface area contributed by atoms with E-state index in [0.717, 1.165) is 0 Å². The van der Waals surface area contributed by atoms with Crippen LogP contribution in [0.2, 0.25) is 0 Å². The van der Waals surface area contributed by atoms with Crippen LogP contribution in [0, 0.1) is 5.41 Å². The number of carbonyl (C=O) groups is 1. The van der Waals surface area contributed by atoms with Crippen LogP contribution in [-0.2, 0) is 10.4 Å². The molecular weight excluding hydrogens is 423 g/mol. The minimum absolute atomic E-state index is 0. The fraction of sp³-hybridized carbons (Fsp3) is 0.625. The first-order valence-corrected chi connectivity index (χ1v) is 7.73. The largest absolute Gasteiger partial charge is 0.466 e. The van der Waals surface area contributed by atoms with Gasteiger partial charge in [-0.1, -0.05) is 0 Å². The lowest BCUT2D eigenvalue weighted by molar-refractivity contribution is -0.128. The van der Waals surface area contributed by atoms with Crippen LogP contribution < -0.4 is 16.0 Å². The smallest absolute Gasteiger partial charge is 0.227 e. The van der Waals surface area contributed by atoms with E-state index in [1.54, 1.807) is 26.1 Å². The number of rotatable bonds is 7. The number of nitrogens with zero attached hydrogens (tertiary/aromatic N) is 1. The van der Waals surface area contributed by atoms with Crippen molar-refractivity contribution < 1.29 is 14.3 Å². The zero-order valence-corrected chi connectivity index (χ0v) is 17.3. The molecule has 1 rings (SSSR count). The van der Waals surface area contributed by atoms with Crippen molar-refractivity contribution in [1.82, 2.24) is 16.0 Å². The fourth-order valence-electron chi connectivity index (χ4n) is 1.96. The highest BCUT2D eigenvalue weighted by Crippen LogP contribution is 2.20. The average molecular weight is 452 g/mol. The molecule has 0 aliphatic heterocycles. The van der Waals surface area contributed by atoms with E-state index in [4.69, 9.17) is 4.42 Å². The molecule has 1 heterocycles. The quantitative estimate of drug-likeness (QED) is 0.285. The molecule has 0 saturated heterocycles. The molecule has 8 heteroatoms. The number of carbonyl (C=O) groups excluding carboxylic acids is 1. The number of hydrogen-bond donors (Lipinski definition) is 4. The molecule has 24 heavy (non-hydrogen) atoms. The van der Waals surface area contributed by atoms with E-state index in [9.17, 15) is 9.90 Å². The Morgan fingerprint density at radius 3 is 2.50 bits per heavy atom. The van der Waals surface area contributed by atoms with Gasteiger partial charge in [0.05, 0.1) is 24.8 Å². The van der Waals surface area contributed by atoms with Gasteiger partial charge in [-0.15, -0.1) is 24.0 Å². The lowest BCUT2D eigenvalue weighted by Crippen LogP contribution is -2.45. The average Bonchev–Trinajstić information content (AvgIpc) is 3.04. The van der Waals surface area contributed by atoms with Crippen molar-refractivity contribution in [2.75, 3.05) is 26.7 Å². The number of furan rings is 1. The van der Waals surface area contributed by atoms with Gasteiger partial charge in [0.1, 0.15) is 11.4 Å². The molecule has 1 aromatic rings. The summed E-state index contributed by atoms with van der Waals surface area (Å²) in [5, 5.41) is 19.2. The highest BCUT2D eigenvalue weighted by atomic mass is 127. The Morgan fingerprint density at radius 1 is 1.33 bits per heavy atom. The van der Waals surface area contributed by atoms with Gasteiger partial charge in [-0.3, -0.25) is 9.79 Å². The molecule has 7 nitrogen and oxygen atoms in total. The van der Waals surface area contributed by atoms with Gasteiger partial charge in [0.25, 0.3) is 0 Å². The third-order valence-electron chi connectivity index (χ3n) is 3.47. The molecule has 1 unspecified atom stereocenters. The van der Waals surface area contributed by atoms with Gasteiger partial charge >= 0.3 is 0 Å². The first kappa shape index (κ1) is 22.7. The molecule has 1 aromatic heterocycles. The lowest BCUT2D eigenvalue weighted by Gasteiger charge is -2.24. The highest BCUT2D eigenvalue weighted by Gasteiger charge is 2.28. The van der Waals surface area contributed by atoms with Gasteiger partial charge in [0, 0.05) is 13.6 Å². The van der Waals surface area contributed by atoms with Gasteiger partial charge in [-0.2, -0.15) is 0 Å². The van der Waals surface area contributed by atoms with Crippen molar-refractivity contribution in [3.8, 4) is 0 Å². The van der Waals surface area contributed by atoms with E-state index in [-0.39, 0.29) is 36.4 Å². The maximum absolute atomic E-state index is 11.8. The Hall–Kier alpha value is -1.29. The molecule has 0 spiro atoms. The third-order valence-corrected chi connectivity index (χ3v) is 3.47. The van der Waals surface area contributed by atoms with E-state index >= 15 is 0 Å². The summed E-state index contributed by atoms with van der Waals surface area (Å²) in [6.45, 7) is 8.51. The normalized spacial score (nSPS) is 14.3. The molecule has 0 radical (unpaired) electrons. The van der Waals surface area contributed by atoms with Crippen LogP contribution >= 0.6 is 24.0 Å². The molecule has 1 amide bonds. The first-order valence-electron chi connectivity index (χ1n) is 7.73. The Labute approximate surface area is 160 Å². The lowest BCUT2D eigenvalue weighted by atomic mass is 9.93. The molecule has 0 aliphatic carbocycles. The zero-order chi connectivity index (χ0) is 17.5. The van der Waals surface area contributed by atoms with Gasteiger partial charge in [0.15, 0.2) is 5.96 Å². The number of halogens is 1. The van der Waals surface area contributed by atoms with Crippen LogP contribution in [-0.4, -0.2) is 43.7 Å². The Bertz CT molecular complexity index is 527. The molecule has 0 fully saturated rings. The Morgan fingerprint density at radius 2 is 2.00 bits per heavy atom. The number of nitrogens with one attached hydrogen (secondary N) is 3. The number of aliphatic imine (C=N–C) groups is 1. The first-order chi connectivity index (χ1) is 10.7. The summed E-state index contributed by atoms with van der Waals surface area (Å²) in [6.07, 6.45) is 1.52. The predicted molar refractivity (Wildman–Crippen MR) is 106 cm³/mol. The van der Waals surface area contributed by atoms with Crippen LogP contribution in [0.5, 0.6) is 0 Å². The van der Waals surface area contributed by atoms with E-state index in [0.29, 0.717) is 24.8 Å². The molecule has 4 N–H and O–H groups in total. The number of amides is 1. The van der Waals surface area contributed by atoms with Crippen molar-refractivity contribution in [3.05, 3.63) is 24.2 Å². The van der Waals surface area contributed by atoms with Crippen molar-refractivity contribution in [1.29, 1.82) is 0 Å². The van der Waals surface area contributed by atoms with E-state index in [2.05, 4.69) is 20.9 Å². The standard InChI is InChI=1S/C16H28N4O3.HI/c1-6-18-14(19-10-15(2,3)13(21)17-5)20-11-16(4,22)12-8-7-9-23-12;/h7-9,22H,6,10-11H2,1-5H3,(H,17,21)(H2,18,19,20);1H. The number of aliphatic hydroxyl groups is 1. The second kappa shape index (κ2) is 9.87. The van der Waals surface area contributed by atoms with E-state index in [1.807, 2.05) is 20.8 Å². The number of hydrogen-bond acceptors (Lipinski definition) is 4. The molecule has 0 saturated carbocycles. The summed E-state index contributed by atoms with van der Waals surface area (Å²) < 4.78 is 5.25. The van der Waals surface area contributed by atoms with E-state index < -0.39 is 11.0 Å². The summed E-state index contributed by atoms with van der Waals surface area (Å²) >= 11 is 0. The second-order valence-electron chi connectivity index (χ2n) is 6.26. The topological polar surface area (TPSA) is 98.9 Å². The van der Waals surface area contributed by atoms with Crippen LogP contribution in [0.1, 0.15) is 33.5 Å². The summed E-state index contributed by atoms with van der Waals surface area (Å²) in [4.78, 5) is 16.2. The van der Waals surface area contributed by atoms with Crippen molar-refractivity contribution in [3.63, 3.8) is 0 Å². The van der Waals surface area contributed by atoms with Gasteiger partial charge < -0.3 is 25.5 Å². The molecular formula is C16H29IN4O3. The SMILES string of the molecule is CCNC(=NCC(C)(C)C(=O)NC)NCC(C)(O)c1ccco1.I. The maximum Gasteiger partial charge on any atom is 0.227 e. The van der Waals surface area contributed by atoms with Crippen LogP contribution in [0.15, 0.2) is 27.8 Å². The summed E-state index contributed by atoms with van der Waals surface area (Å²) in [7, 11) is 1.61. The maximum atomic E-state index is 11.8. The van der Waals surface area contributed by atoms with Gasteiger partial charge in [-0.05, 0) is 39.8 Å². The monoisotopic (exact) mass is 452 g/mol. The molecule has 138 valence electrons. The van der Waals surface area contributed by atoms with Crippen LogP contribution in [0.4, 0.5) is 0 Å². The van der Waals surface area contributed by atoms with Gasteiger partial charge in [0.2, 0.25) is 5.91 Å². The van der Waals surface area contributed by atoms with Crippen molar-refractivity contribution >= 4 is 35.8 Å². The third kappa shape index (κ3) is 6.68. The summed E-state index contributed by atoms with van der Waals surface area (Å²) in [5.41, 5.74) is -1.77. The minimum atomic E-state index is -1.16. The molecule has 0 aromatic carbocycles. The van der Waals surface area contributed by atoms with Crippen molar-refractivity contribution in [2.24, 2.45) is 10.4 Å². The van der Waals surface area contributed by atoms with Crippen molar-refractivity contribution in [2.45, 2.75) is 33.3 Å². The summed E-state index contributed by atoms with van der Waals surface area (Å²) in [6, 6.07) is 3.45. The predicted octanol–water partition coefficient (Wildman–Crippen LogP) is 1.43. The molecule has 0 aliphatic rings. The van der Waals surface area contributed by atoms with Crippen LogP contribution in [0.3, 0.4) is 0 Å². The summed E-state index contributed by atoms with van der Waals surface area (Å²) in [5.74, 6) is 0.947.